The van der Waals surface area contributed by atoms with E-state index in [-0.39, 0.29) is 18.5 Å². The van der Waals surface area contributed by atoms with Crippen molar-refractivity contribution in [3.8, 4) is 0 Å². The van der Waals surface area contributed by atoms with Crippen LogP contribution in [-0.4, -0.2) is 47.3 Å². The van der Waals surface area contributed by atoms with Gasteiger partial charge in [0.1, 0.15) is 0 Å². The molecule has 5 heteroatoms. The first-order valence-electron chi connectivity index (χ1n) is 9.38. The smallest absolute Gasteiger partial charge is 0.335 e. The van der Waals surface area contributed by atoms with E-state index in [9.17, 15) is 9.90 Å². The predicted molar refractivity (Wildman–Crippen MR) is 98.9 cm³/mol. The van der Waals surface area contributed by atoms with Gasteiger partial charge in [0.25, 0.3) is 0 Å². The van der Waals surface area contributed by atoms with E-state index in [1.807, 2.05) is 13.0 Å². The number of hydrogen-bond donors (Lipinski definition) is 1. The van der Waals surface area contributed by atoms with E-state index in [2.05, 4.69) is 33.7 Å². The van der Waals surface area contributed by atoms with Gasteiger partial charge in [0, 0.05) is 35.6 Å². The molecule has 0 spiro atoms. The van der Waals surface area contributed by atoms with Gasteiger partial charge in [-0.3, -0.25) is 4.90 Å². The molecule has 3 aliphatic heterocycles. The van der Waals surface area contributed by atoms with Crippen LogP contribution in [0.15, 0.2) is 35.9 Å². The standard InChI is InChI=1S/C21H24N2O3/c1-3-13-11-22-9-8-15-14-6-4-5-7-17(14)23-19(15)18(22)10-16(13)21(23,12-24)20(25)26-2/h3-7,16,18,24H,8-12H2,1-2H3. The van der Waals surface area contributed by atoms with E-state index < -0.39 is 5.54 Å². The molecule has 0 saturated carbocycles. The van der Waals surface area contributed by atoms with Crippen LogP contribution < -0.4 is 0 Å². The highest BCUT2D eigenvalue weighted by atomic mass is 16.5. The highest BCUT2D eigenvalue weighted by molar-refractivity contribution is 5.91. The summed E-state index contributed by atoms with van der Waals surface area (Å²) in [6, 6.07) is 8.59. The third-order valence-electron chi connectivity index (χ3n) is 6.84. The number of para-hydroxylation sites is 1. The number of aliphatic hydroxyl groups is 1. The van der Waals surface area contributed by atoms with Crippen LogP contribution in [0.5, 0.6) is 0 Å². The second-order valence-electron chi connectivity index (χ2n) is 7.68. The van der Waals surface area contributed by atoms with Gasteiger partial charge in [0.15, 0.2) is 5.54 Å². The maximum Gasteiger partial charge on any atom is 0.335 e. The van der Waals surface area contributed by atoms with Gasteiger partial charge in [-0.1, -0.05) is 29.8 Å². The number of allylic oxidation sites excluding steroid dienone is 1. The van der Waals surface area contributed by atoms with Gasteiger partial charge in [-0.25, -0.2) is 4.79 Å². The molecule has 1 saturated heterocycles. The van der Waals surface area contributed by atoms with Crippen molar-refractivity contribution in [2.24, 2.45) is 5.92 Å². The van der Waals surface area contributed by atoms with Crippen molar-refractivity contribution >= 4 is 16.9 Å². The first kappa shape index (κ1) is 16.1. The highest BCUT2D eigenvalue weighted by Crippen LogP contribution is 2.55. The molecule has 3 aliphatic rings. The molecular weight excluding hydrogens is 328 g/mol. The van der Waals surface area contributed by atoms with Crippen molar-refractivity contribution in [3.63, 3.8) is 0 Å². The number of ether oxygens (including phenoxy) is 1. The highest BCUT2D eigenvalue weighted by Gasteiger charge is 2.59. The van der Waals surface area contributed by atoms with Crippen molar-refractivity contribution in [2.45, 2.75) is 31.3 Å². The SMILES string of the molecule is CC=C1CN2CCc3c4n(c5ccccc35)C(CO)(C(=O)OC)C1CC42. The van der Waals surface area contributed by atoms with Crippen LogP contribution >= 0.6 is 0 Å². The Morgan fingerprint density at radius 3 is 2.96 bits per heavy atom. The maximum atomic E-state index is 13.2. The van der Waals surface area contributed by atoms with Gasteiger partial charge >= 0.3 is 5.97 Å². The van der Waals surface area contributed by atoms with Crippen LogP contribution in [0.3, 0.4) is 0 Å². The number of esters is 1. The second-order valence-corrected chi connectivity index (χ2v) is 7.68. The molecule has 1 aromatic heterocycles. The van der Waals surface area contributed by atoms with Crippen LogP contribution in [-0.2, 0) is 21.5 Å². The lowest BCUT2D eigenvalue weighted by Crippen LogP contribution is -2.61. The third-order valence-corrected chi connectivity index (χ3v) is 6.84. The second kappa shape index (κ2) is 5.44. The number of hydrogen-bond acceptors (Lipinski definition) is 4. The number of fused-ring (bicyclic) bond motifs is 4. The Morgan fingerprint density at radius 2 is 2.23 bits per heavy atom. The fourth-order valence-corrected chi connectivity index (χ4v) is 5.73. The molecule has 3 atom stereocenters. The molecule has 1 fully saturated rings. The van der Waals surface area contributed by atoms with E-state index in [4.69, 9.17) is 4.74 Å². The lowest BCUT2D eigenvalue weighted by molar-refractivity contribution is -0.160. The Hall–Kier alpha value is -2.11. The van der Waals surface area contributed by atoms with Gasteiger partial charge in [0.2, 0.25) is 0 Å². The quantitative estimate of drug-likeness (QED) is 0.666. The third kappa shape index (κ3) is 1.70. The zero-order valence-electron chi connectivity index (χ0n) is 15.2. The van der Waals surface area contributed by atoms with Crippen LogP contribution in [0.4, 0.5) is 0 Å². The molecule has 3 unspecified atom stereocenters. The van der Waals surface area contributed by atoms with E-state index in [0.717, 1.165) is 31.4 Å². The Labute approximate surface area is 152 Å². The summed E-state index contributed by atoms with van der Waals surface area (Å²) in [5.74, 6) is -0.383. The Balaban J connectivity index is 1.93. The average molecular weight is 352 g/mol. The molecule has 0 aliphatic carbocycles. The molecule has 5 rings (SSSR count). The predicted octanol–water partition coefficient (Wildman–Crippen LogP) is 2.38. The fraction of sp³-hybridized carbons (Fsp3) is 0.476. The minimum Gasteiger partial charge on any atom is -0.467 e. The zero-order chi connectivity index (χ0) is 18.1. The lowest BCUT2D eigenvalue weighted by atomic mass is 9.68. The van der Waals surface area contributed by atoms with Gasteiger partial charge < -0.3 is 14.4 Å². The summed E-state index contributed by atoms with van der Waals surface area (Å²) in [7, 11) is 1.43. The summed E-state index contributed by atoms with van der Waals surface area (Å²) in [5.41, 5.74) is 3.73. The number of piperidine rings is 1. The number of rotatable bonds is 2. The molecule has 2 bridgehead atoms. The van der Waals surface area contributed by atoms with Crippen LogP contribution in [0.2, 0.25) is 0 Å². The molecule has 1 N–H and O–H groups in total. The van der Waals surface area contributed by atoms with Crippen LogP contribution in [0.1, 0.15) is 30.6 Å². The minimum absolute atomic E-state index is 0.0412. The Bertz CT molecular complexity index is 944. The largest absolute Gasteiger partial charge is 0.467 e. The van der Waals surface area contributed by atoms with Crippen molar-refractivity contribution in [2.75, 3.05) is 26.8 Å². The normalized spacial score (nSPS) is 31.4. The number of carbonyl (C=O) groups excluding carboxylic acids is 1. The van der Waals surface area contributed by atoms with Gasteiger partial charge in [0.05, 0.1) is 19.8 Å². The fourth-order valence-electron chi connectivity index (χ4n) is 5.73. The van der Waals surface area contributed by atoms with Crippen molar-refractivity contribution < 1.29 is 14.6 Å². The summed E-state index contributed by atoms with van der Waals surface area (Å²) in [6.07, 6.45) is 3.96. The summed E-state index contributed by atoms with van der Waals surface area (Å²) in [6.45, 7) is 3.69. The monoisotopic (exact) mass is 352 g/mol. The van der Waals surface area contributed by atoms with E-state index in [1.165, 1.54) is 29.3 Å². The molecule has 26 heavy (non-hydrogen) atoms. The molecule has 0 radical (unpaired) electrons. The van der Waals surface area contributed by atoms with E-state index in [0.29, 0.717) is 6.04 Å². The number of benzene rings is 1. The Morgan fingerprint density at radius 1 is 1.42 bits per heavy atom. The Kier molecular flexibility index (Phi) is 3.37. The maximum absolute atomic E-state index is 13.2. The first-order chi connectivity index (χ1) is 12.7. The van der Waals surface area contributed by atoms with E-state index in [1.54, 1.807) is 0 Å². The molecule has 1 aromatic carbocycles. The summed E-state index contributed by atoms with van der Waals surface area (Å²) < 4.78 is 7.40. The van der Waals surface area contributed by atoms with E-state index >= 15 is 0 Å². The number of nitrogens with zero attached hydrogens (tertiary/aromatic N) is 2. The van der Waals surface area contributed by atoms with Gasteiger partial charge in [-0.15, -0.1) is 0 Å². The lowest BCUT2D eigenvalue weighted by Gasteiger charge is -2.54. The zero-order valence-corrected chi connectivity index (χ0v) is 15.2. The topological polar surface area (TPSA) is 54.7 Å². The molecule has 0 amide bonds. The summed E-state index contributed by atoms with van der Waals surface area (Å²) in [5, 5.41) is 11.8. The van der Waals surface area contributed by atoms with Crippen molar-refractivity contribution in [3.05, 3.63) is 47.2 Å². The van der Waals surface area contributed by atoms with Crippen LogP contribution in [0.25, 0.3) is 10.9 Å². The number of aromatic nitrogens is 1. The van der Waals surface area contributed by atoms with Gasteiger partial charge in [-0.2, -0.15) is 0 Å². The summed E-state index contributed by atoms with van der Waals surface area (Å²) in [4.78, 5) is 15.7. The molecule has 2 aromatic rings. The number of carbonyl (C=O) groups is 1. The summed E-state index contributed by atoms with van der Waals surface area (Å²) >= 11 is 0. The number of methoxy groups -OCH3 is 1. The number of aliphatic hydroxyl groups excluding tert-OH is 1. The molecule has 136 valence electrons. The van der Waals surface area contributed by atoms with Crippen molar-refractivity contribution in [1.82, 2.24) is 9.47 Å². The van der Waals surface area contributed by atoms with Crippen molar-refractivity contribution in [1.29, 1.82) is 0 Å². The molecule has 5 nitrogen and oxygen atoms in total. The van der Waals surface area contributed by atoms with Gasteiger partial charge in [-0.05, 0) is 31.4 Å². The first-order valence-corrected chi connectivity index (χ1v) is 9.38. The average Bonchev–Trinajstić information content (AvgIpc) is 3.03. The van der Waals surface area contributed by atoms with Crippen LogP contribution in [0, 0.1) is 5.92 Å². The molecular formula is C21H24N2O3. The minimum atomic E-state index is -1.08. The molecule has 4 heterocycles.